The van der Waals surface area contributed by atoms with Crippen LogP contribution in [-0.2, 0) is 6.42 Å². The van der Waals surface area contributed by atoms with Crippen LogP contribution in [0.15, 0.2) is 12.1 Å². The fraction of sp³-hybridized carbons (Fsp3) is 0.455. The molecule has 1 aliphatic carbocycles. The van der Waals surface area contributed by atoms with Gasteiger partial charge in [-0.2, -0.15) is 0 Å². The summed E-state index contributed by atoms with van der Waals surface area (Å²) in [6, 6.07) is 3.36. The first-order valence-electron chi connectivity index (χ1n) is 4.85. The lowest BCUT2D eigenvalue weighted by Crippen LogP contribution is -2.25. The van der Waals surface area contributed by atoms with Crippen molar-refractivity contribution in [2.24, 2.45) is 5.73 Å². The van der Waals surface area contributed by atoms with Gasteiger partial charge in [0, 0.05) is 5.54 Å². The molecule has 1 saturated carbocycles. The first-order valence-corrected chi connectivity index (χ1v) is 5.23. The Kier molecular flexibility index (Phi) is 2.61. The third-order valence-corrected chi connectivity index (χ3v) is 3.13. The van der Waals surface area contributed by atoms with Crippen LogP contribution >= 0.6 is 11.6 Å². The van der Waals surface area contributed by atoms with E-state index < -0.39 is 5.82 Å². The molecule has 0 radical (unpaired) electrons. The molecule has 1 fully saturated rings. The number of hydrogen-bond acceptors (Lipinski definition) is 2. The zero-order valence-corrected chi connectivity index (χ0v) is 9.27. The summed E-state index contributed by atoms with van der Waals surface area (Å²) in [5, 5.41) is 0.0410. The Hall–Kier alpha value is -0.800. The van der Waals surface area contributed by atoms with E-state index in [1.807, 2.05) is 0 Å². The Balaban J connectivity index is 2.29. The zero-order valence-electron chi connectivity index (χ0n) is 8.52. The second-order valence-electron chi connectivity index (χ2n) is 4.09. The zero-order chi connectivity index (χ0) is 11.1. The van der Waals surface area contributed by atoms with E-state index in [9.17, 15) is 4.39 Å². The maximum Gasteiger partial charge on any atom is 0.148 e. The van der Waals surface area contributed by atoms with Gasteiger partial charge in [0.15, 0.2) is 0 Å². The van der Waals surface area contributed by atoms with Gasteiger partial charge < -0.3 is 10.5 Å². The van der Waals surface area contributed by atoms with Gasteiger partial charge in [-0.25, -0.2) is 4.39 Å². The average Bonchev–Trinajstić information content (AvgIpc) is 2.92. The molecule has 1 aromatic rings. The standard InChI is InChI=1S/C11H13ClFNO/c1-15-8-3-2-7(10(13)9(8)12)6-11(14)4-5-11/h2-3H,4-6,14H2,1H3. The van der Waals surface area contributed by atoms with Crippen LogP contribution in [0.3, 0.4) is 0 Å². The van der Waals surface area contributed by atoms with Crippen LogP contribution in [0.1, 0.15) is 18.4 Å². The highest BCUT2D eigenvalue weighted by atomic mass is 35.5. The van der Waals surface area contributed by atoms with Gasteiger partial charge in [-0.05, 0) is 30.9 Å². The number of methoxy groups -OCH3 is 1. The lowest BCUT2D eigenvalue weighted by atomic mass is 10.0. The van der Waals surface area contributed by atoms with Gasteiger partial charge in [-0.3, -0.25) is 0 Å². The number of nitrogens with two attached hydrogens (primary N) is 1. The van der Waals surface area contributed by atoms with Gasteiger partial charge >= 0.3 is 0 Å². The van der Waals surface area contributed by atoms with Crippen LogP contribution in [0.25, 0.3) is 0 Å². The third-order valence-electron chi connectivity index (χ3n) is 2.78. The molecule has 2 nitrogen and oxygen atoms in total. The summed E-state index contributed by atoms with van der Waals surface area (Å²) >= 11 is 5.81. The number of halogens is 2. The molecule has 0 atom stereocenters. The number of ether oxygens (including phenoxy) is 1. The molecule has 0 saturated heterocycles. The van der Waals surface area contributed by atoms with Gasteiger partial charge in [0.25, 0.3) is 0 Å². The molecule has 4 heteroatoms. The number of benzene rings is 1. The van der Waals surface area contributed by atoms with Gasteiger partial charge in [0.2, 0.25) is 0 Å². The molecule has 2 N–H and O–H groups in total. The van der Waals surface area contributed by atoms with Crippen LogP contribution in [0, 0.1) is 5.82 Å². The molecule has 0 heterocycles. The fourth-order valence-electron chi connectivity index (χ4n) is 1.58. The highest BCUT2D eigenvalue weighted by molar-refractivity contribution is 6.32. The molecule has 15 heavy (non-hydrogen) atoms. The molecule has 0 unspecified atom stereocenters. The highest BCUT2D eigenvalue weighted by Gasteiger charge is 2.38. The molecule has 0 aromatic heterocycles. The van der Waals surface area contributed by atoms with Crippen molar-refractivity contribution in [3.63, 3.8) is 0 Å². The maximum atomic E-state index is 13.7. The second kappa shape index (κ2) is 3.65. The molecule has 1 aromatic carbocycles. The first kappa shape index (κ1) is 10.7. The summed E-state index contributed by atoms with van der Waals surface area (Å²) in [6.45, 7) is 0. The average molecular weight is 230 g/mol. The van der Waals surface area contributed by atoms with Crippen molar-refractivity contribution in [2.75, 3.05) is 7.11 Å². The quantitative estimate of drug-likeness (QED) is 0.865. The molecule has 0 spiro atoms. The summed E-state index contributed by atoms with van der Waals surface area (Å²) in [7, 11) is 1.46. The Morgan fingerprint density at radius 3 is 2.73 bits per heavy atom. The Morgan fingerprint density at radius 1 is 1.53 bits per heavy atom. The van der Waals surface area contributed by atoms with Crippen LogP contribution in [0.4, 0.5) is 4.39 Å². The van der Waals surface area contributed by atoms with Crippen molar-refractivity contribution >= 4 is 11.6 Å². The Bertz CT molecular complexity index is 390. The lowest BCUT2D eigenvalue weighted by Gasteiger charge is -2.12. The topological polar surface area (TPSA) is 35.2 Å². The third kappa shape index (κ3) is 2.08. The van der Waals surface area contributed by atoms with E-state index in [1.54, 1.807) is 12.1 Å². The Labute approximate surface area is 93.2 Å². The van der Waals surface area contributed by atoms with Crippen LogP contribution < -0.4 is 10.5 Å². The monoisotopic (exact) mass is 229 g/mol. The van der Waals surface area contributed by atoms with E-state index in [-0.39, 0.29) is 10.6 Å². The molecule has 0 aliphatic heterocycles. The molecular weight excluding hydrogens is 217 g/mol. The van der Waals surface area contributed by atoms with Gasteiger partial charge in [-0.15, -0.1) is 0 Å². The molecular formula is C11H13ClFNO. The highest BCUT2D eigenvalue weighted by Crippen LogP contribution is 2.38. The van der Waals surface area contributed by atoms with Gasteiger partial charge in [-0.1, -0.05) is 17.7 Å². The molecule has 82 valence electrons. The second-order valence-corrected chi connectivity index (χ2v) is 4.47. The fourth-order valence-corrected chi connectivity index (χ4v) is 1.84. The summed E-state index contributed by atoms with van der Waals surface area (Å²) in [5.41, 5.74) is 6.29. The van der Waals surface area contributed by atoms with E-state index in [4.69, 9.17) is 22.1 Å². The molecule has 0 amide bonds. The van der Waals surface area contributed by atoms with Crippen molar-refractivity contribution in [3.8, 4) is 5.75 Å². The first-order chi connectivity index (χ1) is 7.06. The van der Waals surface area contributed by atoms with Crippen LogP contribution in [-0.4, -0.2) is 12.6 Å². The molecule has 0 bridgehead atoms. The normalized spacial score (nSPS) is 17.6. The minimum Gasteiger partial charge on any atom is -0.495 e. The van der Waals surface area contributed by atoms with Crippen LogP contribution in [0.2, 0.25) is 5.02 Å². The number of hydrogen-bond donors (Lipinski definition) is 1. The summed E-state index contributed by atoms with van der Waals surface area (Å²) in [5.74, 6) is -0.0486. The van der Waals surface area contributed by atoms with E-state index in [1.165, 1.54) is 7.11 Å². The van der Waals surface area contributed by atoms with Crippen molar-refractivity contribution < 1.29 is 9.13 Å². The summed E-state index contributed by atoms with van der Waals surface area (Å²) < 4.78 is 18.7. The van der Waals surface area contributed by atoms with Crippen molar-refractivity contribution in [2.45, 2.75) is 24.8 Å². The van der Waals surface area contributed by atoms with Crippen LogP contribution in [0.5, 0.6) is 5.75 Å². The van der Waals surface area contributed by atoms with Gasteiger partial charge in [0.1, 0.15) is 16.6 Å². The smallest absolute Gasteiger partial charge is 0.148 e. The predicted molar refractivity (Wildman–Crippen MR) is 57.8 cm³/mol. The lowest BCUT2D eigenvalue weighted by molar-refractivity contribution is 0.410. The summed E-state index contributed by atoms with van der Waals surface area (Å²) in [4.78, 5) is 0. The number of rotatable bonds is 3. The van der Waals surface area contributed by atoms with E-state index in [2.05, 4.69) is 0 Å². The van der Waals surface area contributed by atoms with Crippen molar-refractivity contribution in [1.82, 2.24) is 0 Å². The van der Waals surface area contributed by atoms with E-state index in [0.717, 1.165) is 12.8 Å². The largest absolute Gasteiger partial charge is 0.495 e. The van der Waals surface area contributed by atoms with Gasteiger partial charge in [0.05, 0.1) is 7.11 Å². The van der Waals surface area contributed by atoms with Crippen molar-refractivity contribution in [1.29, 1.82) is 0 Å². The SMILES string of the molecule is COc1ccc(CC2(N)CC2)c(F)c1Cl. The summed E-state index contributed by atoms with van der Waals surface area (Å²) in [6.07, 6.45) is 2.45. The Morgan fingerprint density at radius 2 is 2.20 bits per heavy atom. The minimum absolute atomic E-state index is 0.0410. The molecule has 1 aliphatic rings. The maximum absolute atomic E-state index is 13.7. The van der Waals surface area contributed by atoms with E-state index in [0.29, 0.717) is 17.7 Å². The van der Waals surface area contributed by atoms with E-state index >= 15 is 0 Å². The minimum atomic E-state index is -0.409. The molecule has 2 rings (SSSR count). The van der Waals surface area contributed by atoms with Crippen molar-refractivity contribution in [3.05, 3.63) is 28.5 Å². The predicted octanol–water partition coefficient (Wildman–Crippen LogP) is 2.52.